The number of aliphatic hydroxyl groups is 1. The van der Waals surface area contributed by atoms with Gasteiger partial charge >= 0.3 is 0 Å². The topological polar surface area (TPSA) is 71.2 Å². The summed E-state index contributed by atoms with van der Waals surface area (Å²) in [6.07, 6.45) is -0.420. The van der Waals surface area contributed by atoms with E-state index < -0.39 is 6.10 Å². The number of aromatic nitrogens is 1. The van der Waals surface area contributed by atoms with Crippen molar-refractivity contribution in [3.8, 4) is 0 Å². The fourth-order valence-corrected chi connectivity index (χ4v) is 1.56. The fourth-order valence-electron chi connectivity index (χ4n) is 0.945. The Hall–Kier alpha value is -0.560. The second-order valence-corrected chi connectivity index (χ2v) is 4.51. The Bertz CT molecular complexity index is 297. The third-order valence-corrected chi connectivity index (χ3v) is 2.53. The second kappa shape index (κ2) is 4.79. The van der Waals surface area contributed by atoms with Crippen molar-refractivity contribution in [3.05, 3.63) is 15.7 Å². The molecular weight excluding hydrogens is 293 g/mol. The molecule has 1 aromatic rings. The van der Waals surface area contributed by atoms with Gasteiger partial charge in [0.05, 0.1) is 12.1 Å². The minimum atomic E-state index is -0.420. The number of pyridine rings is 1. The number of nitrogen functional groups attached to an aromatic ring is 1. The molecule has 0 aliphatic heterocycles. The van der Waals surface area contributed by atoms with Crippen LogP contribution in [-0.4, -0.2) is 22.2 Å². The van der Waals surface area contributed by atoms with E-state index in [1.807, 2.05) is 13.0 Å². The lowest BCUT2D eigenvalue weighted by Crippen LogP contribution is -2.28. The van der Waals surface area contributed by atoms with Gasteiger partial charge in [0.2, 0.25) is 0 Å². The van der Waals surface area contributed by atoms with Crippen LogP contribution in [0.25, 0.3) is 0 Å². The zero-order chi connectivity index (χ0) is 10.7. The number of halogens is 1. The summed E-state index contributed by atoms with van der Waals surface area (Å²) in [4.78, 5) is 4.11. The predicted molar refractivity (Wildman–Crippen MR) is 66.1 cm³/mol. The van der Waals surface area contributed by atoms with Crippen molar-refractivity contribution in [2.75, 3.05) is 11.1 Å². The van der Waals surface area contributed by atoms with Gasteiger partial charge < -0.3 is 16.2 Å². The summed E-state index contributed by atoms with van der Waals surface area (Å²) in [6.45, 7) is 3.62. The maximum Gasteiger partial charge on any atom is 0.129 e. The standard InChI is InChI=1S/C9H14IN3O/c1-5(6(2)14)12-9-4-7(10)3-8(11)13-9/h3-6,14H,1-2H3,(H3,11,12,13)/t5-,6-/m1/s1. The van der Waals surface area contributed by atoms with Gasteiger partial charge in [-0.2, -0.15) is 0 Å². The third kappa shape index (κ3) is 3.30. The summed E-state index contributed by atoms with van der Waals surface area (Å²) in [6, 6.07) is 3.63. The molecule has 0 aliphatic carbocycles. The summed E-state index contributed by atoms with van der Waals surface area (Å²) < 4.78 is 1.02. The molecule has 2 atom stereocenters. The van der Waals surface area contributed by atoms with Crippen molar-refractivity contribution in [2.45, 2.75) is 26.0 Å². The van der Waals surface area contributed by atoms with Crippen LogP contribution in [0.2, 0.25) is 0 Å². The van der Waals surface area contributed by atoms with Crippen molar-refractivity contribution >= 4 is 34.2 Å². The Labute approximate surface area is 97.1 Å². The van der Waals surface area contributed by atoms with E-state index in [0.29, 0.717) is 11.6 Å². The Morgan fingerprint density at radius 2 is 2.14 bits per heavy atom. The average molecular weight is 307 g/mol. The molecule has 0 aromatic carbocycles. The van der Waals surface area contributed by atoms with Crippen LogP contribution >= 0.6 is 22.6 Å². The first-order valence-corrected chi connectivity index (χ1v) is 5.44. The first kappa shape index (κ1) is 11.5. The molecule has 0 spiro atoms. The van der Waals surface area contributed by atoms with Gasteiger partial charge in [0, 0.05) is 3.57 Å². The van der Waals surface area contributed by atoms with Crippen molar-refractivity contribution in [1.29, 1.82) is 0 Å². The van der Waals surface area contributed by atoms with Crippen LogP contribution in [0.1, 0.15) is 13.8 Å². The highest BCUT2D eigenvalue weighted by atomic mass is 127. The minimum absolute atomic E-state index is 0.0416. The lowest BCUT2D eigenvalue weighted by Gasteiger charge is -2.17. The van der Waals surface area contributed by atoms with Gasteiger partial charge in [0.15, 0.2) is 0 Å². The SMILES string of the molecule is C[C@@H](O)[C@@H](C)Nc1cc(I)cc(N)n1. The minimum Gasteiger partial charge on any atom is -0.391 e. The van der Waals surface area contributed by atoms with Gasteiger partial charge in [-0.05, 0) is 48.6 Å². The molecule has 0 amide bonds. The monoisotopic (exact) mass is 307 g/mol. The van der Waals surface area contributed by atoms with E-state index in [-0.39, 0.29) is 6.04 Å². The van der Waals surface area contributed by atoms with Gasteiger partial charge in [0.1, 0.15) is 11.6 Å². The van der Waals surface area contributed by atoms with Crippen LogP contribution in [0.5, 0.6) is 0 Å². The summed E-state index contributed by atoms with van der Waals surface area (Å²) >= 11 is 2.17. The number of anilines is 2. The zero-order valence-corrected chi connectivity index (χ0v) is 10.3. The van der Waals surface area contributed by atoms with E-state index in [1.165, 1.54) is 0 Å². The largest absolute Gasteiger partial charge is 0.391 e. The maximum atomic E-state index is 9.30. The number of hydrogen-bond acceptors (Lipinski definition) is 4. The Morgan fingerprint density at radius 1 is 1.50 bits per heavy atom. The number of nitrogens with one attached hydrogen (secondary N) is 1. The molecule has 1 heterocycles. The van der Waals surface area contributed by atoms with E-state index in [4.69, 9.17) is 5.73 Å². The van der Waals surface area contributed by atoms with Crippen LogP contribution < -0.4 is 11.1 Å². The summed E-state index contributed by atoms with van der Waals surface area (Å²) in [5.41, 5.74) is 5.59. The summed E-state index contributed by atoms with van der Waals surface area (Å²) in [5.74, 6) is 1.18. The van der Waals surface area contributed by atoms with Gasteiger partial charge in [-0.15, -0.1) is 0 Å². The molecule has 78 valence electrons. The van der Waals surface area contributed by atoms with E-state index in [0.717, 1.165) is 3.57 Å². The molecule has 4 N–H and O–H groups in total. The van der Waals surface area contributed by atoms with E-state index in [2.05, 4.69) is 32.9 Å². The number of nitrogens with two attached hydrogens (primary N) is 1. The highest BCUT2D eigenvalue weighted by molar-refractivity contribution is 14.1. The Morgan fingerprint density at radius 3 is 2.64 bits per heavy atom. The number of aliphatic hydroxyl groups excluding tert-OH is 1. The van der Waals surface area contributed by atoms with Crippen LogP contribution in [-0.2, 0) is 0 Å². The molecule has 4 nitrogen and oxygen atoms in total. The number of rotatable bonds is 3. The van der Waals surface area contributed by atoms with E-state index in [9.17, 15) is 5.11 Å². The molecule has 14 heavy (non-hydrogen) atoms. The summed E-state index contributed by atoms with van der Waals surface area (Å²) in [7, 11) is 0. The molecule has 1 rings (SSSR count). The molecule has 1 aromatic heterocycles. The van der Waals surface area contributed by atoms with Crippen molar-refractivity contribution in [1.82, 2.24) is 4.98 Å². The molecule has 0 bridgehead atoms. The molecule has 0 unspecified atom stereocenters. The second-order valence-electron chi connectivity index (χ2n) is 3.27. The number of nitrogens with zero attached hydrogens (tertiary/aromatic N) is 1. The fraction of sp³-hybridized carbons (Fsp3) is 0.444. The van der Waals surface area contributed by atoms with E-state index in [1.54, 1.807) is 13.0 Å². The molecule has 0 saturated heterocycles. The highest BCUT2D eigenvalue weighted by Gasteiger charge is 2.09. The summed E-state index contributed by atoms with van der Waals surface area (Å²) in [5, 5.41) is 12.4. The van der Waals surface area contributed by atoms with Gasteiger partial charge in [-0.3, -0.25) is 0 Å². The quantitative estimate of drug-likeness (QED) is 0.739. The molecule has 0 radical (unpaired) electrons. The van der Waals surface area contributed by atoms with Crippen LogP contribution in [0.3, 0.4) is 0 Å². The zero-order valence-electron chi connectivity index (χ0n) is 8.16. The van der Waals surface area contributed by atoms with Crippen molar-refractivity contribution in [2.24, 2.45) is 0 Å². The molecule has 5 heteroatoms. The van der Waals surface area contributed by atoms with Crippen molar-refractivity contribution in [3.63, 3.8) is 0 Å². The van der Waals surface area contributed by atoms with Gasteiger partial charge in [0.25, 0.3) is 0 Å². The molecular formula is C9H14IN3O. The maximum absolute atomic E-state index is 9.30. The van der Waals surface area contributed by atoms with Crippen molar-refractivity contribution < 1.29 is 5.11 Å². The lowest BCUT2D eigenvalue weighted by atomic mass is 10.2. The highest BCUT2D eigenvalue weighted by Crippen LogP contribution is 2.15. The molecule has 0 saturated carbocycles. The normalized spacial score (nSPS) is 14.9. The number of hydrogen-bond donors (Lipinski definition) is 3. The van der Waals surface area contributed by atoms with Crippen LogP contribution in [0, 0.1) is 3.57 Å². The first-order valence-electron chi connectivity index (χ1n) is 4.36. The Balaban J connectivity index is 2.76. The molecule has 0 fully saturated rings. The Kier molecular flexibility index (Phi) is 3.94. The first-order chi connectivity index (χ1) is 6.49. The van der Waals surface area contributed by atoms with Crippen LogP contribution in [0.15, 0.2) is 12.1 Å². The van der Waals surface area contributed by atoms with Gasteiger partial charge in [-0.1, -0.05) is 0 Å². The van der Waals surface area contributed by atoms with Crippen LogP contribution in [0.4, 0.5) is 11.6 Å². The lowest BCUT2D eigenvalue weighted by molar-refractivity contribution is 0.177. The van der Waals surface area contributed by atoms with E-state index >= 15 is 0 Å². The third-order valence-electron chi connectivity index (χ3n) is 1.91. The average Bonchev–Trinajstić information content (AvgIpc) is 2.01. The molecule has 0 aliphatic rings. The predicted octanol–water partition coefficient (Wildman–Crippen LogP) is 1.45. The van der Waals surface area contributed by atoms with Gasteiger partial charge in [-0.25, -0.2) is 4.98 Å². The smallest absolute Gasteiger partial charge is 0.129 e.